The summed E-state index contributed by atoms with van der Waals surface area (Å²) in [6.45, 7) is 2.26. The smallest absolute Gasteiger partial charge is 0.329 e. The summed E-state index contributed by atoms with van der Waals surface area (Å²) in [4.78, 5) is 39.0. The van der Waals surface area contributed by atoms with Crippen molar-refractivity contribution < 1.29 is 24.2 Å². The fourth-order valence-corrected chi connectivity index (χ4v) is 3.03. The Bertz CT molecular complexity index is 741. The van der Waals surface area contributed by atoms with E-state index in [1.54, 1.807) is 43.1 Å². The molecular formula is C19H26N4O5. The average Bonchev–Trinajstić information content (AvgIpc) is 2.70. The van der Waals surface area contributed by atoms with Crippen LogP contribution in [0, 0.1) is 5.41 Å². The number of carboxylic acids is 1. The number of aliphatic carboxylic acids is 1. The van der Waals surface area contributed by atoms with E-state index in [0.29, 0.717) is 37.1 Å². The molecule has 9 nitrogen and oxygen atoms in total. The van der Waals surface area contributed by atoms with Crippen LogP contribution in [0.5, 0.6) is 0 Å². The molecule has 1 fully saturated rings. The van der Waals surface area contributed by atoms with Crippen molar-refractivity contribution in [1.82, 2.24) is 9.80 Å². The van der Waals surface area contributed by atoms with Crippen molar-refractivity contribution in [2.24, 2.45) is 5.73 Å². The van der Waals surface area contributed by atoms with Gasteiger partial charge in [0.2, 0.25) is 5.91 Å². The maximum absolute atomic E-state index is 12.7. The second-order valence-electron chi connectivity index (χ2n) is 6.81. The molecule has 0 saturated carbocycles. The molecule has 4 N–H and O–H groups in total. The highest BCUT2D eigenvalue weighted by molar-refractivity contribution is 5.99. The van der Waals surface area contributed by atoms with Crippen molar-refractivity contribution in [3.8, 4) is 0 Å². The highest BCUT2D eigenvalue weighted by Gasteiger charge is 2.30. The first-order chi connectivity index (χ1) is 13.2. The first-order valence-electron chi connectivity index (χ1n) is 9.04. The number of carbonyl (C=O) groups is 3. The number of amidine groups is 1. The van der Waals surface area contributed by atoms with Gasteiger partial charge < -0.3 is 25.4 Å². The summed E-state index contributed by atoms with van der Waals surface area (Å²) in [7, 11) is 1.58. The normalized spacial score (nSPS) is 15.7. The fraction of sp³-hybridized carbons (Fsp3) is 0.474. The zero-order valence-electron chi connectivity index (χ0n) is 16.1. The van der Waals surface area contributed by atoms with Crippen molar-refractivity contribution in [2.75, 3.05) is 26.7 Å². The molecule has 0 spiro atoms. The van der Waals surface area contributed by atoms with E-state index in [1.165, 1.54) is 4.90 Å². The van der Waals surface area contributed by atoms with Crippen LogP contribution in [0.4, 0.5) is 0 Å². The van der Waals surface area contributed by atoms with Gasteiger partial charge >= 0.3 is 5.97 Å². The van der Waals surface area contributed by atoms with Crippen LogP contribution in [0.1, 0.15) is 35.7 Å². The Morgan fingerprint density at radius 3 is 2.29 bits per heavy atom. The molecule has 2 rings (SSSR count). The van der Waals surface area contributed by atoms with E-state index in [0.717, 1.165) is 0 Å². The van der Waals surface area contributed by atoms with Gasteiger partial charge in [-0.25, -0.2) is 4.79 Å². The van der Waals surface area contributed by atoms with Crippen LogP contribution in [-0.2, 0) is 14.3 Å². The summed E-state index contributed by atoms with van der Waals surface area (Å²) < 4.78 is 5.28. The molecule has 0 unspecified atom stereocenters. The van der Waals surface area contributed by atoms with Crippen molar-refractivity contribution >= 4 is 23.6 Å². The van der Waals surface area contributed by atoms with Gasteiger partial charge in [-0.2, -0.15) is 0 Å². The molecule has 28 heavy (non-hydrogen) atoms. The van der Waals surface area contributed by atoms with E-state index in [4.69, 9.17) is 21.0 Å². The van der Waals surface area contributed by atoms with Crippen LogP contribution in [0.25, 0.3) is 0 Å². The topological polar surface area (TPSA) is 137 Å². The minimum absolute atomic E-state index is 0.0772. The van der Waals surface area contributed by atoms with Gasteiger partial charge in [-0.3, -0.25) is 15.0 Å². The summed E-state index contributed by atoms with van der Waals surface area (Å²) in [5.74, 6) is -1.54. The highest BCUT2D eigenvalue weighted by atomic mass is 16.5. The van der Waals surface area contributed by atoms with Gasteiger partial charge in [-0.15, -0.1) is 0 Å². The van der Waals surface area contributed by atoms with Crippen LogP contribution in [0.3, 0.4) is 0 Å². The number of piperidine rings is 1. The standard InChI is InChI=1S/C19H26N4O5/c1-12(18(26)23-9-7-15(8-10-23)28-11-16(24)25)22(2)19(27)14-5-3-13(4-6-14)17(20)21/h3-6,12,15H,7-11H2,1-2H3,(H3,20,21)(H,24,25)/t12-/m0/s1. The monoisotopic (exact) mass is 390 g/mol. The number of carbonyl (C=O) groups excluding carboxylic acids is 2. The lowest BCUT2D eigenvalue weighted by atomic mass is 10.1. The van der Waals surface area contributed by atoms with Crippen LogP contribution in [0.2, 0.25) is 0 Å². The van der Waals surface area contributed by atoms with Gasteiger partial charge in [-0.05, 0) is 31.9 Å². The van der Waals surface area contributed by atoms with E-state index >= 15 is 0 Å². The number of amides is 2. The second kappa shape index (κ2) is 9.32. The Morgan fingerprint density at radius 2 is 1.79 bits per heavy atom. The van der Waals surface area contributed by atoms with Gasteiger partial charge in [0.1, 0.15) is 18.5 Å². The molecule has 0 bridgehead atoms. The third-order valence-corrected chi connectivity index (χ3v) is 4.90. The third kappa shape index (κ3) is 5.29. The SMILES string of the molecule is C[C@@H](C(=O)N1CCC(OCC(=O)O)CC1)N(C)C(=O)c1ccc(C(=N)N)cc1. The molecule has 1 aliphatic rings. The summed E-state index contributed by atoms with van der Waals surface area (Å²) in [5, 5.41) is 16.1. The van der Waals surface area contributed by atoms with E-state index in [9.17, 15) is 14.4 Å². The number of likely N-dealkylation sites (N-methyl/N-ethyl adjacent to an activating group) is 1. The fourth-order valence-electron chi connectivity index (χ4n) is 3.03. The lowest BCUT2D eigenvalue weighted by Gasteiger charge is -2.35. The number of nitrogens with one attached hydrogen (secondary N) is 1. The van der Waals surface area contributed by atoms with Crippen molar-refractivity contribution in [2.45, 2.75) is 31.9 Å². The van der Waals surface area contributed by atoms with E-state index in [1.807, 2.05) is 0 Å². The first kappa shape index (κ1) is 21.4. The number of hydrogen-bond acceptors (Lipinski definition) is 5. The minimum Gasteiger partial charge on any atom is -0.480 e. The molecular weight excluding hydrogens is 364 g/mol. The van der Waals surface area contributed by atoms with Gasteiger partial charge in [0.15, 0.2) is 0 Å². The van der Waals surface area contributed by atoms with Gasteiger partial charge in [-0.1, -0.05) is 12.1 Å². The number of rotatable bonds is 7. The van der Waals surface area contributed by atoms with Crippen molar-refractivity contribution in [1.29, 1.82) is 5.41 Å². The lowest BCUT2D eigenvalue weighted by Crippen LogP contribution is -2.50. The van der Waals surface area contributed by atoms with Crippen molar-refractivity contribution in [3.63, 3.8) is 0 Å². The largest absolute Gasteiger partial charge is 0.480 e. The molecule has 2 amide bonds. The Balaban J connectivity index is 1.92. The zero-order valence-corrected chi connectivity index (χ0v) is 16.1. The number of ether oxygens (including phenoxy) is 1. The predicted molar refractivity (Wildman–Crippen MR) is 102 cm³/mol. The Morgan fingerprint density at radius 1 is 1.25 bits per heavy atom. The lowest BCUT2D eigenvalue weighted by molar-refractivity contribution is -0.147. The molecule has 1 aliphatic heterocycles. The zero-order chi connectivity index (χ0) is 20.8. The molecule has 1 heterocycles. The van der Waals surface area contributed by atoms with Gasteiger partial charge in [0, 0.05) is 31.3 Å². The summed E-state index contributed by atoms with van der Waals surface area (Å²) in [5.41, 5.74) is 6.35. The minimum atomic E-state index is -1.01. The number of nitrogens with two attached hydrogens (primary N) is 1. The maximum Gasteiger partial charge on any atom is 0.329 e. The van der Waals surface area contributed by atoms with Gasteiger partial charge in [0.25, 0.3) is 5.91 Å². The maximum atomic E-state index is 12.7. The number of benzene rings is 1. The Hall–Kier alpha value is -2.94. The Kier molecular flexibility index (Phi) is 7.11. The molecule has 1 aromatic rings. The first-order valence-corrected chi connectivity index (χ1v) is 9.04. The van der Waals surface area contributed by atoms with E-state index in [2.05, 4.69) is 0 Å². The van der Waals surface area contributed by atoms with Crippen LogP contribution >= 0.6 is 0 Å². The number of hydrogen-bond donors (Lipinski definition) is 3. The number of likely N-dealkylation sites (tertiary alicyclic amines) is 1. The molecule has 0 radical (unpaired) electrons. The van der Waals surface area contributed by atoms with Crippen molar-refractivity contribution in [3.05, 3.63) is 35.4 Å². The van der Waals surface area contributed by atoms with E-state index < -0.39 is 12.0 Å². The molecule has 0 aliphatic carbocycles. The summed E-state index contributed by atoms with van der Waals surface area (Å²) >= 11 is 0. The summed E-state index contributed by atoms with van der Waals surface area (Å²) in [6, 6.07) is 5.71. The third-order valence-electron chi connectivity index (χ3n) is 4.90. The summed E-state index contributed by atoms with van der Waals surface area (Å²) in [6.07, 6.45) is 0.959. The predicted octanol–water partition coefficient (Wildman–Crippen LogP) is 0.523. The molecule has 9 heteroatoms. The second-order valence-corrected chi connectivity index (χ2v) is 6.81. The van der Waals surface area contributed by atoms with Crippen LogP contribution in [0.15, 0.2) is 24.3 Å². The number of nitrogen functional groups attached to an aromatic ring is 1. The van der Waals surface area contributed by atoms with Crippen LogP contribution in [-0.4, -0.2) is 77.4 Å². The molecule has 0 aromatic heterocycles. The number of carboxylic acid groups (broad SMARTS) is 1. The average molecular weight is 390 g/mol. The Labute approximate surface area is 163 Å². The number of nitrogens with zero attached hydrogens (tertiary/aromatic N) is 2. The highest BCUT2D eigenvalue weighted by Crippen LogP contribution is 2.17. The quantitative estimate of drug-likeness (QED) is 0.459. The molecule has 1 saturated heterocycles. The van der Waals surface area contributed by atoms with E-state index in [-0.39, 0.29) is 30.4 Å². The van der Waals surface area contributed by atoms with Gasteiger partial charge in [0.05, 0.1) is 6.10 Å². The molecule has 152 valence electrons. The van der Waals surface area contributed by atoms with Crippen LogP contribution < -0.4 is 5.73 Å². The molecule has 1 atom stereocenters. The molecule has 1 aromatic carbocycles.